The molecule has 3 aromatic rings. The second-order valence-corrected chi connectivity index (χ2v) is 12.1. The lowest BCUT2D eigenvalue weighted by Gasteiger charge is -2.36. The summed E-state index contributed by atoms with van der Waals surface area (Å²) in [4.78, 5) is 17.7. The Bertz CT molecular complexity index is 1160. The van der Waals surface area contributed by atoms with Crippen molar-refractivity contribution in [3.8, 4) is 0 Å². The number of nitrogens with zero attached hydrogens (tertiary/aromatic N) is 4. The Hall–Kier alpha value is -2.54. The van der Waals surface area contributed by atoms with Crippen molar-refractivity contribution >= 4 is 22.9 Å². The third kappa shape index (κ3) is 5.66. The van der Waals surface area contributed by atoms with Crippen LogP contribution in [0.5, 0.6) is 0 Å². The average molecular weight is 492 g/mol. The topological polar surface area (TPSA) is 72.7 Å². The highest BCUT2D eigenvalue weighted by Crippen LogP contribution is 2.48. The summed E-state index contributed by atoms with van der Waals surface area (Å²) in [6.45, 7) is 8.73. The van der Waals surface area contributed by atoms with Crippen molar-refractivity contribution in [2.75, 3.05) is 5.32 Å². The summed E-state index contributed by atoms with van der Waals surface area (Å²) in [6.07, 6.45) is 9.01. The van der Waals surface area contributed by atoms with E-state index in [4.69, 9.17) is 10.2 Å². The van der Waals surface area contributed by atoms with Crippen LogP contribution in [0, 0.1) is 25.7 Å². The van der Waals surface area contributed by atoms with Gasteiger partial charge in [-0.05, 0) is 69.4 Å². The van der Waals surface area contributed by atoms with Crippen LogP contribution in [0.2, 0.25) is 0 Å². The fourth-order valence-corrected chi connectivity index (χ4v) is 6.28. The van der Waals surface area contributed by atoms with E-state index >= 15 is 0 Å². The maximum atomic E-state index is 13.2. The van der Waals surface area contributed by atoms with E-state index in [1.807, 2.05) is 30.6 Å². The van der Waals surface area contributed by atoms with Gasteiger partial charge in [0, 0.05) is 48.0 Å². The number of thiazole rings is 1. The van der Waals surface area contributed by atoms with Gasteiger partial charge in [0.1, 0.15) is 11.6 Å². The molecule has 0 unspecified atom stereocenters. The molecule has 35 heavy (non-hydrogen) atoms. The molecule has 0 aliphatic heterocycles. The van der Waals surface area contributed by atoms with Crippen LogP contribution in [0.4, 0.5) is 5.69 Å². The van der Waals surface area contributed by atoms with Crippen LogP contribution in [-0.2, 0) is 11.2 Å². The summed E-state index contributed by atoms with van der Waals surface area (Å²) >= 11 is 1.65. The Kier molecular flexibility index (Phi) is 7.05. The van der Waals surface area contributed by atoms with Gasteiger partial charge in [-0.25, -0.2) is 4.98 Å². The second kappa shape index (κ2) is 10.2. The van der Waals surface area contributed by atoms with E-state index in [-0.39, 0.29) is 11.8 Å². The first kappa shape index (κ1) is 24.2. The van der Waals surface area contributed by atoms with Crippen LogP contribution in [0.1, 0.15) is 98.0 Å². The SMILES string of the molecule is Cc1ccc(NC(=O)C[C@H](Cc2nccs2)c2nnc(C3CC(CC(C)C)C3)n2C2CC2)c(C)c1. The van der Waals surface area contributed by atoms with Crippen molar-refractivity contribution in [2.45, 2.75) is 90.5 Å². The van der Waals surface area contributed by atoms with Gasteiger partial charge >= 0.3 is 0 Å². The maximum Gasteiger partial charge on any atom is 0.225 e. The standard InChI is InChI=1S/C28H37N5OS/c1-17(2)11-20-13-21(14-20)27-31-32-28(33(27)23-6-7-23)22(16-26-29-9-10-35-26)15-25(34)30-24-8-5-18(3)12-19(24)4/h5,8-10,12,17,20-23H,6-7,11,13-16H2,1-4H3,(H,30,34)/t20?,21?,22-/m1/s1. The minimum absolute atomic E-state index is 0.0195. The number of anilines is 1. The van der Waals surface area contributed by atoms with Crippen LogP contribution >= 0.6 is 11.3 Å². The molecule has 0 saturated heterocycles. The summed E-state index contributed by atoms with van der Waals surface area (Å²) < 4.78 is 2.42. The van der Waals surface area contributed by atoms with Gasteiger partial charge in [0.2, 0.25) is 5.91 Å². The van der Waals surface area contributed by atoms with Crippen LogP contribution in [0.25, 0.3) is 0 Å². The molecule has 2 heterocycles. The molecule has 5 rings (SSSR count). The normalized spacial score (nSPS) is 20.6. The summed E-state index contributed by atoms with van der Waals surface area (Å²) in [5.74, 6) is 4.16. The van der Waals surface area contributed by atoms with E-state index in [0.717, 1.165) is 39.7 Å². The maximum absolute atomic E-state index is 13.2. The number of amides is 1. The van der Waals surface area contributed by atoms with Gasteiger partial charge in [0.05, 0.1) is 5.01 Å². The number of benzene rings is 1. The predicted octanol–water partition coefficient (Wildman–Crippen LogP) is 6.58. The Balaban J connectivity index is 1.37. The van der Waals surface area contributed by atoms with Gasteiger partial charge in [0.25, 0.3) is 0 Å². The van der Waals surface area contributed by atoms with E-state index in [1.165, 1.54) is 37.7 Å². The molecule has 186 valence electrons. The van der Waals surface area contributed by atoms with E-state index in [1.54, 1.807) is 11.3 Å². The van der Waals surface area contributed by atoms with E-state index in [9.17, 15) is 4.79 Å². The highest BCUT2D eigenvalue weighted by atomic mass is 32.1. The number of hydrogen-bond donors (Lipinski definition) is 1. The smallest absolute Gasteiger partial charge is 0.225 e. The van der Waals surface area contributed by atoms with Crippen molar-refractivity contribution in [3.05, 3.63) is 57.6 Å². The van der Waals surface area contributed by atoms with E-state index < -0.39 is 0 Å². The molecule has 1 amide bonds. The molecule has 2 aliphatic carbocycles. The highest BCUT2D eigenvalue weighted by molar-refractivity contribution is 7.09. The molecular formula is C28H37N5OS. The number of hydrogen-bond acceptors (Lipinski definition) is 5. The molecule has 2 fully saturated rings. The zero-order chi connectivity index (χ0) is 24.5. The minimum Gasteiger partial charge on any atom is -0.326 e. The third-order valence-electron chi connectivity index (χ3n) is 7.42. The molecule has 1 atom stereocenters. The number of aryl methyl sites for hydroxylation is 2. The molecule has 6 nitrogen and oxygen atoms in total. The van der Waals surface area contributed by atoms with Gasteiger partial charge in [-0.2, -0.15) is 0 Å². The van der Waals surface area contributed by atoms with E-state index in [0.29, 0.717) is 24.8 Å². The fraction of sp³-hybridized carbons (Fsp3) is 0.571. The lowest BCUT2D eigenvalue weighted by Crippen LogP contribution is -2.27. The van der Waals surface area contributed by atoms with Crippen molar-refractivity contribution in [1.82, 2.24) is 19.7 Å². The van der Waals surface area contributed by atoms with Crippen molar-refractivity contribution in [1.29, 1.82) is 0 Å². The number of carbonyl (C=O) groups is 1. The third-order valence-corrected chi connectivity index (χ3v) is 8.23. The Morgan fingerprint density at radius 1 is 1.20 bits per heavy atom. The van der Waals surface area contributed by atoms with Crippen LogP contribution < -0.4 is 5.32 Å². The van der Waals surface area contributed by atoms with Gasteiger partial charge < -0.3 is 9.88 Å². The molecule has 0 bridgehead atoms. The van der Waals surface area contributed by atoms with Gasteiger partial charge in [-0.3, -0.25) is 4.79 Å². The monoisotopic (exact) mass is 491 g/mol. The zero-order valence-electron chi connectivity index (χ0n) is 21.3. The lowest BCUT2D eigenvalue weighted by molar-refractivity contribution is -0.116. The summed E-state index contributed by atoms with van der Waals surface area (Å²) in [5.41, 5.74) is 3.15. The highest BCUT2D eigenvalue weighted by Gasteiger charge is 2.39. The number of aromatic nitrogens is 4. The largest absolute Gasteiger partial charge is 0.326 e. The van der Waals surface area contributed by atoms with Crippen LogP contribution in [-0.4, -0.2) is 25.7 Å². The number of nitrogens with one attached hydrogen (secondary N) is 1. The van der Waals surface area contributed by atoms with Gasteiger partial charge in [-0.1, -0.05) is 31.5 Å². The summed E-state index contributed by atoms with van der Waals surface area (Å²) in [6, 6.07) is 6.62. The molecule has 7 heteroatoms. The fourth-order valence-electron chi connectivity index (χ4n) is 5.58. The van der Waals surface area contributed by atoms with Gasteiger partial charge in [0.15, 0.2) is 0 Å². The lowest BCUT2D eigenvalue weighted by atomic mass is 9.71. The van der Waals surface area contributed by atoms with Crippen molar-refractivity contribution < 1.29 is 4.79 Å². The van der Waals surface area contributed by atoms with Gasteiger partial charge in [-0.15, -0.1) is 21.5 Å². The van der Waals surface area contributed by atoms with E-state index in [2.05, 4.69) is 41.7 Å². The van der Waals surface area contributed by atoms with Crippen LogP contribution in [0.3, 0.4) is 0 Å². The molecule has 0 radical (unpaired) electrons. The molecule has 1 aromatic carbocycles. The van der Waals surface area contributed by atoms with Crippen molar-refractivity contribution in [3.63, 3.8) is 0 Å². The second-order valence-electron chi connectivity index (χ2n) is 11.1. The zero-order valence-corrected chi connectivity index (χ0v) is 22.1. The van der Waals surface area contributed by atoms with Crippen LogP contribution in [0.15, 0.2) is 29.8 Å². The Morgan fingerprint density at radius 2 is 2.00 bits per heavy atom. The molecule has 2 aromatic heterocycles. The first-order valence-electron chi connectivity index (χ1n) is 13.1. The quantitative estimate of drug-likeness (QED) is 0.348. The Labute approximate surface area is 212 Å². The first-order chi connectivity index (χ1) is 16.9. The molecular weight excluding hydrogens is 454 g/mol. The molecule has 1 N–H and O–H groups in total. The minimum atomic E-state index is -0.0414. The summed E-state index contributed by atoms with van der Waals surface area (Å²) in [7, 11) is 0. The van der Waals surface area contributed by atoms with Crippen molar-refractivity contribution in [2.24, 2.45) is 11.8 Å². The summed E-state index contributed by atoms with van der Waals surface area (Å²) in [5, 5.41) is 15.7. The molecule has 2 aliphatic rings. The number of rotatable bonds is 10. The first-order valence-corrected chi connectivity index (χ1v) is 14.0. The molecule has 2 saturated carbocycles. The number of carbonyl (C=O) groups excluding carboxylic acids is 1. The Morgan fingerprint density at radius 3 is 2.66 bits per heavy atom. The predicted molar refractivity (Wildman–Crippen MR) is 141 cm³/mol. The molecule has 0 spiro atoms. The average Bonchev–Trinajstić information content (AvgIpc) is 3.30.